The van der Waals surface area contributed by atoms with Crippen LogP contribution in [0.4, 0.5) is 0 Å². The summed E-state index contributed by atoms with van der Waals surface area (Å²) in [4.78, 5) is 12.3. The molecule has 0 aliphatic carbocycles. The van der Waals surface area contributed by atoms with Crippen molar-refractivity contribution in [2.45, 2.75) is 25.1 Å². The number of halogens is 1. The summed E-state index contributed by atoms with van der Waals surface area (Å²) in [6.07, 6.45) is 0. The van der Waals surface area contributed by atoms with Gasteiger partial charge in [-0.05, 0) is 32.0 Å². The van der Waals surface area contributed by atoms with Gasteiger partial charge in [0.2, 0.25) is 11.8 Å². The number of rotatable bonds is 7. The minimum absolute atomic E-state index is 0.140. The third kappa shape index (κ3) is 4.85. The van der Waals surface area contributed by atoms with Gasteiger partial charge in [-0.25, -0.2) is 0 Å². The number of methoxy groups -OCH3 is 1. The highest BCUT2D eigenvalue weighted by atomic mass is 35.5. The fraction of sp³-hybridized carbons (Fsp3) is 0.250. The summed E-state index contributed by atoms with van der Waals surface area (Å²) < 4.78 is 11.0. The van der Waals surface area contributed by atoms with Crippen molar-refractivity contribution in [3.05, 3.63) is 58.6 Å². The predicted molar refractivity (Wildman–Crippen MR) is 110 cm³/mol. The minimum atomic E-state index is -0.190. The number of aryl methyl sites for hydroxylation is 1. The maximum atomic E-state index is 12.3. The van der Waals surface area contributed by atoms with E-state index in [-0.39, 0.29) is 17.7 Å². The number of aromatic nitrogens is 2. The smallest absolute Gasteiger partial charge is 0.277 e. The van der Waals surface area contributed by atoms with Crippen LogP contribution in [-0.2, 0) is 4.79 Å². The Morgan fingerprint density at radius 1 is 1.29 bits per heavy atom. The first-order chi connectivity index (χ1) is 13.5. The normalized spacial score (nSPS) is 11.9. The van der Waals surface area contributed by atoms with Gasteiger partial charge in [0, 0.05) is 5.56 Å². The molecule has 0 aliphatic rings. The van der Waals surface area contributed by atoms with Crippen LogP contribution in [0, 0.1) is 6.92 Å². The summed E-state index contributed by atoms with van der Waals surface area (Å²) in [5.74, 6) is 1.08. The number of nitrogens with one attached hydrogen (secondary N) is 1. The summed E-state index contributed by atoms with van der Waals surface area (Å²) in [5, 5.41) is 11.8. The summed E-state index contributed by atoms with van der Waals surface area (Å²) >= 11 is 7.31. The van der Waals surface area contributed by atoms with Crippen LogP contribution in [0.3, 0.4) is 0 Å². The maximum absolute atomic E-state index is 12.3. The van der Waals surface area contributed by atoms with Crippen molar-refractivity contribution in [1.82, 2.24) is 15.5 Å². The lowest BCUT2D eigenvalue weighted by Gasteiger charge is -2.17. The van der Waals surface area contributed by atoms with Crippen molar-refractivity contribution in [1.29, 1.82) is 0 Å². The first kappa shape index (κ1) is 20.2. The Morgan fingerprint density at radius 2 is 2.07 bits per heavy atom. The summed E-state index contributed by atoms with van der Waals surface area (Å²) in [5.41, 5.74) is 2.69. The van der Waals surface area contributed by atoms with Crippen LogP contribution in [0.1, 0.15) is 24.1 Å². The SMILES string of the molecule is COc1ccc(C)cc1[C@@H](C)NC(=O)CSc1nnc(-c2ccccc2Cl)o1. The van der Waals surface area contributed by atoms with Crippen molar-refractivity contribution in [3.8, 4) is 17.2 Å². The number of hydrogen-bond donors (Lipinski definition) is 1. The number of carbonyl (C=O) groups is 1. The highest BCUT2D eigenvalue weighted by Gasteiger charge is 2.16. The Bertz CT molecular complexity index is 977. The lowest BCUT2D eigenvalue weighted by molar-refractivity contribution is -0.119. The number of nitrogens with zero attached hydrogens (tertiary/aromatic N) is 2. The zero-order valence-electron chi connectivity index (χ0n) is 15.7. The number of carbonyl (C=O) groups excluding carboxylic acids is 1. The van der Waals surface area contributed by atoms with Gasteiger partial charge >= 0.3 is 0 Å². The lowest BCUT2D eigenvalue weighted by atomic mass is 10.0. The molecule has 1 N–H and O–H groups in total. The third-order valence-corrected chi connectivity index (χ3v) is 5.21. The van der Waals surface area contributed by atoms with Crippen LogP contribution in [0.5, 0.6) is 5.75 Å². The van der Waals surface area contributed by atoms with E-state index in [1.807, 2.05) is 44.2 Å². The zero-order valence-corrected chi connectivity index (χ0v) is 17.3. The molecule has 0 saturated carbocycles. The van der Waals surface area contributed by atoms with Crippen LogP contribution in [0.25, 0.3) is 11.5 Å². The highest BCUT2D eigenvalue weighted by Crippen LogP contribution is 2.29. The second-order valence-corrected chi connectivity index (χ2v) is 7.51. The largest absolute Gasteiger partial charge is 0.496 e. The van der Waals surface area contributed by atoms with Crippen molar-refractivity contribution < 1.29 is 13.9 Å². The second-order valence-electron chi connectivity index (χ2n) is 6.18. The van der Waals surface area contributed by atoms with E-state index in [4.69, 9.17) is 20.8 Å². The number of amides is 1. The molecule has 1 atom stereocenters. The average molecular weight is 418 g/mol. The van der Waals surface area contributed by atoms with E-state index in [9.17, 15) is 4.79 Å². The number of thioether (sulfide) groups is 1. The van der Waals surface area contributed by atoms with Gasteiger partial charge in [-0.2, -0.15) is 0 Å². The van der Waals surface area contributed by atoms with Crippen LogP contribution in [-0.4, -0.2) is 29.0 Å². The van der Waals surface area contributed by atoms with Gasteiger partial charge in [-0.3, -0.25) is 4.79 Å². The van der Waals surface area contributed by atoms with Crippen molar-refractivity contribution >= 4 is 29.3 Å². The molecule has 0 saturated heterocycles. The van der Waals surface area contributed by atoms with Crippen LogP contribution in [0.15, 0.2) is 52.1 Å². The van der Waals surface area contributed by atoms with E-state index in [1.165, 1.54) is 11.8 Å². The monoisotopic (exact) mass is 417 g/mol. The predicted octanol–water partition coefficient (Wildman–Crippen LogP) is 4.68. The van der Waals surface area contributed by atoms with Crippen LogP contribution >= 0.6 is 23.4 Å². The maximum Gasteiger partial charge on any atom is 0.277 e. The minimum Gasteiger partial charge on any atom is -0.496 e. The molecule has 1 amide bonds. The zero-order chi connectivity index (χ0) is 20.1. The molecular formula is C20H20ClN3O3S. The molecule has 0 aliphatic heterocycles. The van der Waals surface area contributed by atoms with Gasteiger partial charge < -0.3 is 14.5 Å². The topological polar surface area (TPSA) is 77.2 Å². The molecule has 1 aromatic heterocycles. The quantitative estimate of drug-likeness (QED) is 0.562. The van der Waals surface area contributed by atoms with Gasteiger partial charge in [0.15, 0.2) is 0 Å². The van der Waals surface area contributed by atoms with E-state index < -0.39 is 0 Å². The first-order valence-corrected chi connectivity index (χ1v) is 9.99. The van der Waals surface area contributed by atoms with Crippen LogP contribution in [0.2, 0.25) is 5.02 Å². The molecule has 28 heavy (non-hydrogen) atoms. The van der Waals surface area contributed by atoms with Crippen LogP contribution < -0.4 is 10.1 Å². The Labute approximate surface area is 172 Å². The van der Waals surface area contributed by atoms with E-state index >= 15 is 0 Å². The molecule has 0 unspecified atom stereocenters. The Hall–Kier alpha value is -2.51. The fourth-order valence-corrected chi connectivity index (χ4v) is 3.48. The van der Waals surface area contributed by atoms with Crippen molar-refractivity contribution in [3.63, 3.8) is 0 Å². The van der Waals surface area contributed by atoms with Crippen molar-refractivity contribution in [2.24, 2.45) is 0 Å². The summed E-state index contributed by atoms with van der Waals surface area (Å²) in [6.45, 7) is 3.92. The van der Waals surface area contributed by atoms with E-state index in [2.05, 4.69) is 15.5 Å². The number of hydrogen-bond acceptors (Lipinski definition) is 6. The molecule has 3 rings (SSSR count). The molecule has 0 radical (unpaired) electrons. The molecule has 1 heterocycles. The fourth-order valence-electron chi connectivity index (χ4n) is 2.69. The standard InChI is InChI=1S/C20H20ClN3O3S/c1-12-8-9-17(26-3)15(10-12)13(2)22-18(25)11-28-20-24-23-19(27-20)14-6-4-5-7-16(14)21/h4-10,13H,11H2,1-3H3,(H,22,25)/t13-/m1/s1. The molecule has 0 spiro atoms. The summed E-state index contributed by atoms with van der Waals surface area (Å²) in [7, 11) is 1.62. The Kier molecular flexibility index (Phi) is 6.59. The Morgan fingerprint density at radius 3 is 2.82 bits per heavy atom. The molecule has 3 aromatic rings. The number of ether oxygens (including phenoxy) is 1. The molecule has 8 heteroatoms. The first-order valence-electron chi connectivity index (χ1n) is 8.63. The van der Waals surface area contributed by atoms with Gasteiger partial charge in [0.1, 0.15) is 5.75 Å². The number of benzene rings is 2. The molecule has 6 nitrogen and oxygen atoms in total. The van der Waals surface area contributed by atoms with E-state index in [0.717, 1.165) is 16.9 Å². The lowest BCUT2D eigenvalue weighted by Crippen LogP contribution is -2.28. The summed E-state index contributed by atoms with van der Waals surface area (Å²) in [6, 6.07) is 12.9. The molecule has 2 aromatic carbocycles. The van der Waals surface area contributed by atoms with Crippen molar-refractivity contribution in [2.75, 3.05) is 12.9 Å². The second kappa shape index (κ2) is 9.12. The molecule has 0 fully saturated rings. The molecular weight excluding hydrogens is 398 g/mol. The van der Waals surface area contributed by atoms with Gasteiger partial charge in [0.05, 0.1) is 29.5 Å². The highest BCUT2D eigenvalue weighted by molar-refractivity contribution is 7.99. The average Bonchev–Trinajstić information content (AvgIpc) is 3.15. The van der Waals surface area contributed by atoms with Gasteiger partial charge in [0.25, 0.3) is 5.22 Å². The van der Waals surface area contributed by atoms with E-state index in [1.54, 1.807) is 19.2 Å². The van der Waals surface area contributed by atoms with Gasteiger partial charge in [-0.15, -0.1) is 10.2 Å². The third-order valence-electron chi connectivity index (χ3n) is 4.07. The van der Waals surface area contributed by atoms with E-state index in [0.29, 0.717) is 21.7 Å². The molecule has 146 valence electrons. The molecule has 0 bridgehead atoms. The van der Waals surface area contributed by atoms with Gasteiger partial charge in [-0.1, -0.05) is 53.2 Å². The Balaban J connectivity index is 1.59.